The predicted molar refractivity (Wildman–Crippen MR) is 79.3 cm³/mol. The quantitative estimate of drug-likeness (QED) is 0.716. The fourth-order valence-electron chi connectivity index (χ4n) is 2.44. The molecule has 6 heteroatoms. The van der Waals surface area contributed by atoms with Crippen molar-refractivity contribution in [3.63, 3.8) is 0 Å². The van der Waals surface area contributed by atoms with Crippen LogP contribution in [0.15, 0.2) is 0 Å². The van der Waals surface area contributed by atoms with Gasteiger partial charge in [-0.05, 0) is 53.5 Å². The Balaban J connectivity index is 2.33. The van der Waals surface area contributed by atoms with Crippen molar-refractivity contribution in [3.8, 4) is 0 Å². The lowest BCUT2D eigenvalue weighted by Crippen LogP contribution is -2.51. The number of rotatable bonds is 3. The van der Waals surface area contributed by atoms with E-state index >= 15 is 0 Å². The van der Waals surface area contributed by atoms with Crippen LogP contribution in [-0.2, 0) is 4.79 Å². The average molecular weight is 284 g/mol. The molecule has 1 aliphatic rings. The van der Waals surface area contributed by atoms with Gasteiger partial charge in [0.1, 0.15) is 0 Å². The highest BCUT2D eigenvalue weighted by molar-refractivity contribution is 5.95. The maximum Gasteiger partial charge on any atom is 0.321 e. The van der Waals surface area contributed by atoms with Gasteiger partial charge in [0.25, 0.3) is 0 Å². The number of amides is 3. The molecule has 0 radical (unpaired) electrons. The van der Waals surface area contributed by atoms with Gasteiger partial charge in [-0.2, -0.15) is 0 Å². The Morgan fingerprint density at radius 3 is 2.25 bits per heavy atom. The summed E-state index contributed by atoms with van der Waals surface area (Å²) in [6.45, 7) is 5.84. The zero-order valence-electron chi connectivity index (χ0n) is 13.0. The van der Waals surface area contributed by atoms with Gasteiger partial charge in [-0.3, -0.25) is 15.0 Å². The molecule has 6 nitrogen and oxygen atoms in total. The van der Waals surface area contributed by atoms with Gasteiger partial charge in [0.05, 0.1) is 6.54 Å². The summed E-state index contributed by atoms with van der Waals surface area (Å²) >= 11 is 0. The number of nitrogens with one attached hydrogen (secondary N) is 2. The van der Waals surface area contributed by atoms with Crippen LogP contribution in [0.3, 0.4) is 0 Å². The summed E-state index contributed by atoms with van der Waals surface area (Å²) < 4.78 is 0. The second-order valence-electron chi connectivity index (χ2n) is 6.74. The molecular weight excluding hydrogens is 256 g/mol. The van der Waals surface area contributed by atoms with E-state index in [1.807, 2.05) is 32.7 Å². The van der Waals surface area contributed by atoms with Crippen molar-refractivity contribution in [2.75, 3.05) is 13.6 Å². The molecule has 0 aromatic carbocycles. The summed E-state index contributed by atoms with van der Waals surface area (Å²) in [6.07, 6.45) is 4.03. The third kappa shape index (κ3) is 6.34. The SMILES string of the molecule is CN(CC(=O)NC(=O)NC(C)(C)C)C1CCC(N)CC1. The Morgan fingerprint density at radius 2 is 1.75 bits per heavy atom. The molecule has 0 spiro atoms. The van der Waals surface area contributed by atoms with Crippen LogP contribution >= 0.6 is 0 Å². The second-order valence-corrected chi connectivity index (χ2v) is 6.74. The van der Waals surface area contributed by atoms with Gasteiger partial charge in [0, 0.05) is 17.6 Å². The first-order chi connectivity index (χ1) is 9.17. The molecule has 0 aliphatic heterocycles. The van der Waals surface area contributed by atoms with Gasteiger partial charge in [-0.15, -0.1) is 0 Å². The van der Waals surface area contributed by atoms with Crippen molar-refractivity contribution in [2.45, 2.75) is 64.1 Å². The Hall–Kier alpha value is -1.14. The highest BCUT2D eigenvalue weighted by atomic mass is 16.2. The van der Waals surface area contributed by atoms with Crippen LogP contribution < -0.4 is 16.4 Å². The fraction of sp³-hybridized carbons (Fsp3) is 0.857. The number of hydrogen-bond acceptors (Lipinski definition) is 4. The lowest BCUT2D eigenvalue weighted by molar-refractivity contribution is -0.121. The van der Waals surface area contributed by atoms with Crippen LogP contribution in [0.4, 0.5) is 4.79 Å². The first-order valence-electron chi connectivity index (χ1n) is 7.25. The number of urea groups is 1. The Kier molecular flexibility index (Phi) is 5.95. The van der Waals surface area contributed by atoms with Gasteiger partial charge in [-0.1, -0.05) is 0 Å². The topological polar surface area (TPSA) is 87.5 Å². The van der Waals surface area contributed by atoms with Crippen molar-refractivity contribution in [2.24, 2.45) is 5.73 Å². The number of carbonyl (C=O) groups is 2. The zero-order valence-corrected chi connectivity index (χ0v) is 13.0. The van der Waals surface area contributed by atoms with Gasteiger partial charge < -0.3 is 11.1 Å². The average Bonchev–Trinajstić information content (AvgIpc) is 2.26. The molecule has 0 aromatic heterocycles. The number of carbonyl (C=O) groups excluding carboxylic acids is 2. The van der Waals surface area contributed by atoms with E-state index in [2.05, 4.69) is 10.6 Å². The molecule has 116 valence electrons. The molecule has 1 rings (SSSR count). The first-order valence-corrected chi connectivity index (χ1v) is 7.25. The van der Waals surface area contributed by atoms with E-state index in [9.17, 15) is 9.59 Å². The Bertz CT molecular complexity index is 344. The van der Waals surface area contributed by atoms with Gasteiger partial charge in [-0.25, -0.2) is 4.79 Å². The monoisotopic (exact) mass is 284 g/mol. The number of likely N-dealkylation sites (N-methyl/N-ethyl adjacent to an activating group) is 1. The van der Waals surface area contributed by atoms with Gasteiger partial charge >= 0.3 is 6.03 Å². The smallest absolute Gasteiger partial charge is 0.321 e. The molecule has 0 bridgehead atoms. The molecule has 0 unspecified atom stereocenters. The maximum atomic E-state index is 11.8. The molecular formula is C14H28N4O2. The van der Waals surface area contributed by atoms with Crippen molar-refractivity contribution in [1.82, 2.24) is 15.5 Å². The minimum Gasteiger partial charge on any atom is -0.333 e. The van der Waals surface area contributed by atoms with Crippen LogP contribution in [0.1, 0.15) is 46.5 Å². The van der Waals surface area contributed by atoms with E-state index in [0.29, 0.717) is 12.1 Å². The molecule has 0 saturated heterocycles. The molecule has 4 N–H and O–H groups in total. The number of nitrogens with zero attached hydrogens (tertiary/aromatic N) is 1. The molecule has 20 heavy (non-hydrogen) atoms. The lowest BCUT2D eigenvalue weighted by Gasteiger charge is -2.33. The summed E-state index contributed by atoms with van der Waals surface area (Å²) in [7, 11) is 1.92. The van der Waals surface area contributed by atoms with E-state index in [4.69, 9.17) is 5.73 Å². The molecule has 1 aliphatic carbocycles. The largest absolute Gasteiger partial charge is 0.333 e. The normalized spacial score (nSPS) is 23.5. The van der Waals surface area contributed by atoms with Crippen LogP contribution in [0.2, 0.25) is 0 Å². The summed E-state index contributed by atoms with van der Waals surface area (Å²) in [5.74, 6) is -0.274. The molecule has 0 aromatic rings. The summed E-state index contributed by atoms with van der Waals surface area (Å²) in [5, 5.41) is 5.06. The van der Waals surface area contributed by atoms with Crippen molar-refractivity contribution in [3.05, 3.63) is 0 Å². The lowest BCUT2D eigenvalue weighted by atomic mass is 9.91. The number of hydrogen-bond donors (Lipinski definition) is 3. The van der Waals surface area contributed by atoms with Crippen LogP contribution in [0.25, 0.3) is 0 Å². The number of nitrogens with two attached hydrogens (primary N) is 1. The maximum absolute atomic E-state index is 11.8. The van der Waals surface area contributed by atoms with Crippen molar-refractivity contribution in [1.29, 1.82) is 0 Å². The third-order valence-electron chi connectivity index (χ3n) is 3.50. The Morgan fingerprint density at radius 1 is 1.20 bits per heavy atom. The van der Waals surface area contributed by atoms with Crippen molar-refractivity contribution < 1.29 is 9.59 Å². The molecule has 3 amide bonds. The highest BCUT2D eigenvalue weighted by Crippen LogP contribution is 2.20. The zero-order chi connectivity index (χ0) is 15.3. The molecule has 0 heterocycles. The van der Waals surface area contributed by atoms with Gasteiger partial charge in [0.2, 0.25) is 5.91 Å². The van der Waals surface area contributed by atoms with E-state index in [0.717, 1.165) is 25.7 Å². The summed E-state index contributed by atoms with van der Waals surface area (Å²) in [4.78, 5) is 25.4. The van der Waals surface area contributed by atoms with Crippen LogP contribution in [-0.4, -0.2) is 48.1 Å². The van der Waals surface area contributed by atoms with Crippen molar-refractivity contribution >= 4 is 11.9 Å². The third-order valence-corrected chi connectivity index (χ3v) is 3.50. The minimum absolute atomic E-state index is 0.234. The first kappa shape index (κ1) is 16.9. The Labute approximate surface area is 121 Å². The second kappa shape index (κ2) is 7.04. The molecule has 1 saturated carbocycles. The van der Waals surface area contributed by atoms with E-state index in [-0.39, 0.29) is 18.0 Å². The highest BCUT2D eigenvalue weighted by Gasteiger charge is 2.24. The number of imide groups is 1. The van der Waals surface area contributed by atoms with E-state index in [1.54, 1.807) is 0 Å². The fourth-order valence-corrected chi connectivity index (χ4v) is 2.44. The minimum atomic E-state index is -0.443. The van der Waals surface area contributed by atoms with E-state index in [1.165, 1.54) is 0 Å². The van der Waals surface area contributed by atoms with Gasteiger partial charge in [0.15, 0.2) is 0 Å². The predicted octanol–water partition coefficient (Wildman–Crippen LogP) is 0.812. The summed E-state index contributed by atoms with van der Waals surface area (Å²) in [6, 6.07) is 0.235. The van der Waals surface area contributed by atoms with Crippen LogP contribution in [0, 0.1) is 0 Å². The standard InChI is InChI=1S/C14H28N4O2/c1-14(2,3)17-13(20)16-12(19)9-18(4)11-7-5-10(15)6-8-11/h10-11H,5-9,15H2,1-4H3,(H2,16,17,19,20). The van der Waals surface area contributed by atoms with E-state index < -0.39 is 6.03 Å². The van der Waals surface area contributed by atoms with Crippen LogP contribution in [0.5, 0.6) is 0 Å². The molecule has 0 atom stereocenters. The molecule has 1 fully saturated rings. The summed E-state index contributed by atoms with van der Waals surface area (Å²) in [5.41, 5.74) is 5.52.